The van der Waals surface area contributed by atoms with Crippen LogP contribution in [0.1, 0.15) is 22.1 Å². The zero-order chi connectivity index (χ0) is 15.0. The molecule has 1 aliphatic rings. The standard InChI is InChI=1S/C16H13BrCl2O2/c1-9-2-3-10(6-13(9)18)16(19)11-7-14-15(8-12(11)17)21-5-4-20-14/h2-3,6-8,16H,4-5H2,1H3. The predicted octanol–water partition coefficient (Wildman–Crippen LogP) is 5.51. The highest BCUT2D eigenvalue weighted by atomic mass is 79.9. The number of fused-ring (bicyclic) bond motifs is 1. The second kappa shape index (κ2) is 6.07. The summed E-state index contributed by atoms with van der Waals surface area (Å²) in [7, 11) is 0. The number of benzene rings is 2. The molecule has 21 heavy (non-hydrogen) atoms. The van der Waals surface area contributed by atoms with Crippen LogP contribution >= 0.6 is 39.1 Å². The molecule has 0 bridgehead atoms. The zero-order valence-electron chi connectivity index (χ0n) is 11.3. The van der Waals surface area contributed by atoms with Gasteiger partial charge >= 0.3 is 0 Å². The molecule has 0 aromatic heterocycles. The average Bonchev–Trinajstić information content (AvgIpc) is 2.48. The van der Waals surface area contributed by atoms with Crippen molar-refractivity contribution in [3.63, 3.8) is 0 Å². The minimum atomic E-state index is -0.312. The van der Waals surface area contributed by atoms with Gasteiger partial charge in [0.25, 0.3) is 0 Å². The first-order valence-corrected chi connectivity index (χ1v) is 8.16. The molecule has 2 nitrogen and oxygen atoms in total. The van der Waals surface area contributed by atoms with E-state index in [4.69, 9.17) is 32.7 Å². The molecular weight excluding hydrogens is 375 g/mol. The monoisotopic (exact) mass is 386 g/mol. The van der Waals surface area contributed by atoms with Crippen LogP contribution in [0.15, 0.2) is 34.8 Å². The van der Waals surface area contributed by atoms with Crippen LogP contribution in [0.5, 0.6) is 11.5 Å². The molecule has 0 saturated carbocycles. The SMILES string of the molecule is Cc1ccc(C(Cl)c2cc3c(cc2Br)OCCO3)cc1Cl. The fraction of sp³-hybridized carbons (Fsp3) is 0.250. The Bertz CT molecular complexity index is 688. The van der Waals surface area contributed by atoms with Gasteiger partial charge in [-0.3, -0.25) is 0 Å². The summed E-state index contributed by atoms with van der Waals surface area (Å²) in [4.78, 5) is 0. The molecule has 110 valence electrons. The van der Waals surface area contributed by atoms with E-state index in [-0.39, 0.29) is 5.38 Å². The Kier molecular flexibility index (Phi) is 4.34. The molecule has 0 N–H and O–H groups in total. The van der Waals surface area contributed by atoms with Crippen LogP contribution in [0.3, 0.4) is 0 Å². The summed E-state index contributed by atoms with van der Waals surface area (Å²) >= 11 is 16.4. The van der Waals surface area contributed by atoms with Crippen LogP contribution in [0.4, 0.5) is 0 Å². The van der Waals surface area contributed by atoms with Gasteiger partial charge in [0.05, 0.1) is 5.38 Å². The summed E-state index contributed by atoms with van der Waals surface area (Å²) < 4.78 is 12.1. The lowest BCUT2D eigenvalue weighted by molar-refractivity contribution is 0.171. The lowest BCUT2D eigenvalue weighted by Gasteiger charge is -2.21. The maximum Gasteiger partial charge on any atom is 0.162 e. The van der Waals surface area contributed by atoms with E-state index in [0.717, 1.165) is 32.7 Å². The van der Waals surface area contributed by atoms with Gasteiger partial charge in [0, 0.05) is 9.50 Å². The molecule has 0 aliphatic carbocycles. The Balaban J connectivity index is 2.00. The molecule has 0 amide bonds. The van der Waals surface area contributed by atoms with Crippen molar-refractivity contribution in [2.24, 2.45) is 0 Å². The van der Waals surface area contributed by atoms with E-state index in [0.29, 0.717) is 18.2 Å². The van der Waals surface area contributed by atoms with E-state index in [1.807, 2.05) is 37.3 Å². The van der Waals surface area contributed by atoms with Gasteiger partial charge < -0.3 is 9.47 Å². The highest BCUT2D eigenvalue weighted by Crippen LogP contribution is 2.42. The van der Waals surface area contributed by atoms with E-state index in [1.54, 1.807) is 0 Å². The third-order valence-electron chi connectivity index (χ3n) is 3.42. The highest BCUT2D eigenvalue weighted by molar-refractivity contribution is 9.10. The molecule has 2 aromatic rings. The maximum absolute atomic E-state index is 6.62. The quantitative estimate of drug-likeness (QED) is 0.632. The Morgan fingerprint density at radius 3 is 2.43 bits per heavy atom. The topological polar surface area (TPSA) is 18.5 Å². The average molecular weight is 388 g/mol. The molecule has 3 rings (SSSR count). The van der Waals surface area contributed by atoms with Gasteiger partial charge in [-0.05, 0) is 41.8 Å². The van der Waals surface area contributed by atoms with Crippen molar-refractivity contribution in [2.45, 2.75) is 12.3 Å². The number of alkyl halides is 1. The fourth-order valence-corrected chi connectivity index (χ4v) is 3.41. The maximum atomic E-state index is 6.62. The van der Waals surface area contributed by atoms with Gasteiger partial charge in [-0.15, -0.1) is 11.6 Å². The molecule has 1 heterocycles. The molecule has 1 aliphatic heterocycles. The molecule has 5 heteroatoms. The fourth-order valence-electron chi connectivity index (χ4n) is 2.22. The Morgan fingerprint density at radius 2 is 1.76 bits per heavy atom. The Morgan fingerprint density at radius 1 is 1.10 bits per heavy atom. The molecule has 0 spiro atoms. The van der Waals surface area contributed by atoms with Crippen LogP contribution in [0, 0.1) is 6.92 Å². The van der Waals surface area contributed by atoms with Crippen molar-refractivity contribution in [1.82, 2.24) is 0 Å². The number of ether oxygens (including phenoxy) is 2. The van der Waals surface area contributed by atoms with Crippen LogP contribution in [0.25, 0.3) is 0 Å². The number of rotatable bonds is 2. The zero-order valence-corrected chi connectivity index (χ0v) is 14.4. The number of halogens is 3. The highest BCUT2D eigenvalue weighted by Gasteiger charge is 2.20. The van der Waals surface area contributed by atoms with Crippen LogP contribution in [-0.2, 0) is 0 Å². The smallest absolute Gasteiger partial charge is 0.162 e. The third-order valence-corrected chi connectivity index (χ3v) is 5.00. The molecule has 1 atom stereocenters. The van der Waals surface area contributed by atoms with Crippen LogP contribution < -0.4 is 9.47 Å². The normalized spacial score (nSPS) is 14.9. The van der Waals surface area contributed by atoms with Crippen molar-refractivity contribution in [3.8, 4) is 11.5 Å². The van der Waals surface area contributed by atoms with Gasteiger partial charge in [0.1, 0.15) is 13.2 Å². The number of hydrogen-bond donors (Lipinski definition) is 0. The molecule has 1 unspecified atom stereocenters. The summed E-state index contributed by atoms with van der Waals surface area (Å²) in [6.07, 6.45) is 0. The Labute approximate surface area is 142 Å². The summed E-state index contributed by atoms with van der Waals surface area (Å²) in [5, 5.41) is 0.403. The van der Waals surface area contributed by atoms with Crippen molar-refractivity contribution in [1.29, 1.82) is 0 Å². The van der Waals surface area contributed by atoms with E-state index >= 15 is 0 Å². The second-order valence-corrected chi connectivity index (χ2v) is 6.59. The summed E-state index contributed by atoms with van der Waals surface area (Å²) in [5.74, 6) is 1.46. The first-order chi connectivity index (χ1) is 10.1. The summed E-state index contributed by atoms with van der Waals surface area (Å²) in [5.41, 5.74) is 2.91. The lowest BCUT2D eigenvalue weighted by atomic mass is 10.0. The molecule has 2 aromatic carbocycles. The lowest BCUT2D eigenvalue weighted by Crippen LogP contribution is -2.15. The summed E-state index contributed by atoms with van der Waals surface area (Å²) in [6.45, 7) is 3.09. The largest absolute Gasteiger partial charge is 0.486 e. The molecule has 0 saturated heterocycles. The molecule has 0 fully saturated rings. The van der Waals surface area contributed by atoms with Gasteiger partial charge in [-0.1, -0.05) is 39.7 Å². The van der Waals surface area contributed by atoms with Crippen molar-refractivity contribution in [3.05, 3.63) is 56.5 Å². The van der Waals surface area contributed by atoms with Crippen molar-refractivity contribution in [2.75, 3.05) is 13.2 Å². The third kappa shape index (κ3) is 3.01. The van der Waals surface area contributed by atoms with Crippen LogP contribution in [-0.4, -0.2) is 13.2 Å². The molecular formula is C16H13BrCl2O2. The Hall–Kier alpha value is -0.900. The van der Waals surface area contributed by atoms with Gasteiger partial charge in [0.15, 0.2) is 11.5 Å². The van der Waals surface area contributed by atoms with Gasteiger partial charge in [-0.25, -0.2) is 0 Å². The van der Waals surface area contributed by atoms with Crippen molar-refractivity contribution >= 4 is 39.1 Å². The van der Waals surface area contributed by atoms with Crippen molar-refractivity contribution < 1.29 is 9.47 Å². The molecule has 0 radical (unpaired) electrons. The van der Waals surface area contributed by atoms with Gasteiger partial charge in [-0.2, -0.15) is 0 Å². The van der Waals surface area contributed by atoms with E-state index in [9.17, 15) is 0 Å². The number of hydrogen-bond acceptors (Lipinski definition) is 2. The van der Waals surface area contributed by atoms with E-state index < -0.39 is 0 Å². The van der Waals surface area contributed by atoms with Crippen LogP contribution in [0.2, 0.25) is 5.02 Å². The summed E-state index contributed by atoms with van der Waals surface area (Å²) in [6, 6.07) is 9.68. The van der Waals surface area contributed by atoms with E-state index in [1.165, 1.54) is 0 Å². The first kappa shape index (κ1) is 15.0. The first-order valence-electron chi connectivity index (χ1n) is 6.55. The second-order valence-electron chi connectivity index (χ2n) is 4.89. The minimum Gasteiger partial charge on any atom is -0.486 e. The van der Waals surface area contributed by atoms with Gasteiger partial charge in [0.2, 0.25) is 0 Å². The minimum absolute atomic E-state index is 0.312. The van der Waals surface area contributed by atoms with E-state index in [2.05, 4.69) is 15.9 Å². The number of aryl methyl sites for hydroxylation is 1. The predicted molar refractivity (Wildman–Crippen MR) is 89.0 cm³/mol.